The average molecular weight is 324 g/mol. The maximum atomic E-state index is 13.3. The van der Waals surface area contributed by atoms with E-state index in [2.05, 4.69) is 13.8 Å². The fourth-order valence-corrected chi connectivity index (χ4v) is 1.99. The molecule has 0 aliphatic heterocycles. The van der Waals surface area contributed by atoms with E-state index in [0.29, 0.717) is 25.4 Å². The van der Waals surface area contributed by atoms with Crippen molar-refractivity contribution in [2.75, 3.05) is 6.61 Å². The van der Waals surface area contributed by atoms with Crippen LogP contribution in [0.4, 0.5) is 4.39 Å². The lowest BCUT2D eigenvalue weighted by molar-refractivity contribution is -0.144. The molecule has 0 aliphatic rings. The number of esters is 2. The zero-order valence-corrected chi connectivity index (χ0v) is 13.8. The molecule has 1 rings (SSSR count). The van der Waals surface area contributed by atoms with E-state index in [4.69, 9.17) is 9.47 Å². The van der Waals surface area contributed by atoms with Crippen LogP contribution in [-0.2, 0) is 14.3 Å². The van der Waals surface area contributed by atoms with Crippen molar-refractivity contribution >= 4 is 11.9 Å². The van der Waals surface area contributed by atoms with Gasteiger partial charge in [0.2, 0.25) is 0 Å². The highest BCUT2D eigenvalue weighted by molar-refractivity contribution is 5.72. The van der Waals surface area contributed by atoms with Crippen LogP contribution >= 0.6 is 0 Å². The highest BCUT2D eigenvalue weighted by atomic mass is 19.1. The third-order valence-electron chi connectivity index (χ3n) is 3.26. The second kappa shape index (κ2) is 10.8. The summed E-state index contributed by atoms with van der Waals surface area (Å²) < 4.78 is 23.3. The van der Waals surface area contributed by atoms with Gasteiger partial charge in [-0.15, -0.1) is 0 Å². The molecule has 5 heteroatoms. The molecule has 1 aromatic carbocycles. The van der Waals surface area contributed by atoms with Crippen LogP contribution in [-0.4, -0.2) is 18.5 Å². The molecule has 0 spiro atoms. The first-order valence-corrected chi connectivity index (χ1v) is 8.10. The Balaban J connectivity index is 2.09. The van der Waals surface area contributed by atoms with Crippen LogP contribution in [0.3, 0.4) is 0 Å². The van der Waals surface area contributed by atoms with E-state index in [9.17, 15) is 14.0 Å². The molecule has 0 fully saturated rings. The van der Waals surface area contributed by atoms with Crippen molar-refractivity contribution in [2.45, 2.75) is 52.4 Å². The molecule has 0 heterocycles. The van der Waals surface area contributed by atoms with Crippen LogP contribution in [0.15, 0.2) is 24.3 Å². The van der Waals surface area contributed by atoms with Crippen LogP contribution in [0.25, 0.3) is 0 Å². The quantitative estimate of drug-likeness (QED) is 0.366. The normalized spacial score (nSPS) is 10.6. The van der Waals surface area contributed by atoms with Gasteiger partial charge in [0, 0.05) is 12.8 Å². The molecule has 0 bridgehead atoms. The zero-order valence-electron chi connectivity index (χ0n) is 13.8. The maximum Gasteiger partial charge on any atom is 0.311 e. The summed E-state index contributed by atoms with van der Waals surface area (Å²) in [4.78, 5) is 23.1. The van der Waals surface area contributed by atoms with E-state index in [1.165, 1.54) is 18.2 Å². The molecule has 0 saturated heterocycles. The van der Waals surface area contributed by atoms with E-state index >= 15 is 0 Å². The van der Waals surface area contributed by atoms with Gasteiger partial charge in [-0.25, -0.2) is 4.39 Å². The minimum atomic E-state index is -0.564. The minimum absolute atomic E-state index is 0.0675. The minimum Gasteiger partial charge on any atom is -0.466 e. The largest absolute Gasteiger partial charge is 0.466 e. The van der Waals surface area contributed by atoms with Gasteiger partial charge in [0.15, 0.2) is 11.6 Å². The van der Waals surface area contributed by atoms with Crippen molar-refractivity contribution in [3.63, 3.8) is 0 Å². The molecular formula is C18H25FO4. The number of hydrogen-bond donors (Lipinski definition) is 0. The summed E-state index contributed by atoms with van der Waals surface area (Å²) in [5.74, 6) is -0.765. The number of para-hydroxylation sites is 1. The molecule has 4 nitrogen and oxygen atoms in total. The van der Waals surface area contributed by atoms with Crippen LogP contribution in [0, 0.1) is 11.7 Å². The van der Waals surface area contributed by atoms with Crippen LogP contribution < -0.4 is 4.74 Å². The molecule has 0 radical (unpaired) electrons. The summed E-state index contributed by atoms with van der Waals surface area (Å²) in [6, 6.07) is 5.76. The lowest BCUT2D eigenvalue weighted by Crippen LogP contribution is -2.10. The fraction of sp³-hybridized carbons (Fsp3) is 0.556. The van der Waals surface area contributed by atoms with Crippen LogP contribution in [0.5, 0.6) is 5.75 Å². The molecule has 0 amide bonds. The number of rotatable bonds is 10. The first-order valence-electron chi connectivity index (χ1n) is 8.10. The molecule has 0 aromatic heterocycles. The molecule has 0 atom stereocenters. The van der Waals surface area contributed by atoms with Gasteiger partial charge in [-0.05, 0) is 43.7 Å². The zero-order chi connectivity index (χ0) is 17.1. The number of unbranched alkanes of at least 4 members (excludes halogenated alkanes) is 1. The van der Waals surface area contributed by atoms with E-state index in [1.54, 1.807) is 6.07 Å². The Kier molecular flexibility index (Phi) is 8.95. The first kappa shape index (κ1) is 19.1. The van der Waals surface area contributed by atoms with Gasteiger partial charge in [-0.2, -0.15) is 0 Å². The summed E-state index contributed by atoms with van der Waals surface area (Å²) in [5, 5.41) is 0. The monoisotopic (exact) mass is 324 g/mol. The smallest absolute Gasteiger partial charge is 0.311 e. The summed E-state index contributed by atoms with van der Waals surface area (Å²) in [5.41, 5.74) is 0. The third kappa shape index (κ3) is 8.96. The fourth-order valence-electron chi connectivity index (χ4n) is 1.99. The van der Waals surface area contributed by atoms with Gasteiger partial charge in [0.25, 0.3) is 0 Å². The second-order valence-electron chi connectivity index (χ2n) is 5.87. The van der Waals surface area contributed by atoms with Gasteiger partial charge >= 0.3 is 11.9 Å². The molecule has 0 N–H and O–H groups in total. The topological polar surface area (TPSA) is 52.6 Å². The van der Waals surface area contributed by atoms with Crippen molar-refractivity contribution in [1.29, 1.82) is 0 Å². The van der Waals surface area contributed by atoms with Gasteiger partial charge in [-0.1, -0.05) is 26.0 Å². The average Bonchev–Trinajstić information content (AvgIpc) is 2.50. The number of hydrogen-bond acceptors (Lipinski definition) is 4. The number of halogens is 1. The van der Waals surface area contributed by atoms with E-state index in [0.717, 1.165) is 12.8 Å². The molecule has 0 unspecified atom stereocenters. The molecule has 1 aromatic rings. The van der Waals surface area contributed by atoms with Crippen molar-refractivity contribution in [1.82, 2.24) is 0 Å². The Labute approximate surface area is 137 Å². The van der Waals surface area contributed by atoms with Crippen molar-refractivity contribution in [3.8, 4) is 5.75 Å². The standard InChI is InChI=1S/C18H25FO4/c1-14(2)8-7-13-22-17(20)11-5-6-12-18(21)23-16-10-4-3-9-15(16)19/h3-4,9-10,14H,5-8,11-13H2,1-2H3. The summed E-state index contributed by atoms with van der Waals surface area (Å²) in [7, 11) is 0. The van der Waals surface area contributed by atoms with E-state index < -0.39 is 11.8 Å². The third-order valence-corrected chi connectivity index (χ3v) is 3.26. The number of benzene rings is 1. The molecule has 128 valence electrons. The van der Waals surface area contributed by atoms with Crippen molar-refractivity contribution < 1.29 is 23.5 Å². The number of carbonyl (C=O) groups is 2. The Bertz CT molecular complexity index is 500. The SMILES string of the molecule is CC(C)CCCOC(=O)CCCCC(=O)Oc1ccccc1F. The lowest BCUT2D eigenvalue weighted by atomic mass is 10.1. The predicted molar refractivity (Wildman–Crippen MR) is 85.5 cm³/mol. The van der Waals surface area contributed by atoms with Gasteiger partial charge in [0.1, 0.15) is 0 Å². The lowest BCUT2D eigenvalue weighted by Gasteiger charge is -2.07. The van der Waals surface area contributed by atoms with Crippen LogP contribution in [0.1, 0.15) is 52.4 Å². The molecular weight excluding hydrogens is 299 g/mol. The van der Waals surface area contributed by atoms with Crippen molar-refractivity contribution in [3.05, 3.63) is 30.1 Å². The van der Waals surface area contributed by atoms with Gasteiger partial charge in [-0.3, -0.25) is 9.59 Å². The summed E-state index contributed by atoms with van der Waals surface area (Å²) in [6.45, 7) is 4.71. The highest BCUT2D eigenvalue weighted by Crippen LogP contribution is 2.16. The number of carbonyl (C=O) groups excluding carboxylic acids is 2. The summed E-state index contributed by atoms with van der Waals surface area (Å²) in [6.07, 6.45) is 3.40. The second-order valence-corrected chi connectivity index (χ2v) is 5.87. The Morgan fingerprint density at radius 2 is 1.70 bits per heavy atom. The Hall–Kier alpha value is -1.91. The van der Waals surface area contributed by atoms with Gasteiger partial charge in [0.05, 0.1) is 6.61 Å². The van der Waals surface area contributed by atoms with E-state index in [1.807, 2.05) is 0 Å². The predicted octanol–water partition coefficient (Wildman–Crippen LogP) is 4.27. The maximum absolute atomic E-state index is 13.3. The first-order chi connectivity index (χ1) is 11.0. The van der Waals surface area contributed by atoms with Crippen molar-refractivity contribution in [2.24, 2.45) is 5.92 Å². The van der Waals surface area contributed by atoms with Crippen LogP contribution in [0.2, 0.25) is 0 Å². The van der Waals surface area contributed by atoms with E-state index in [-0.39, 0.29) is 24.6 Å². The summed E-state index contributed by atoms with van der Waals surface area (Å²) >= 11 is 0. The molecule has 0 aliphatic carbocycles. The number of ether oxygens (including phenoxy) is 2. The Morgan fingerprint density at radius 1 is 1.04 bits per heavy atom. The molecule has 23 heavy (non-hydrogen) atoms. The highest BCUT2D eigenvalue weighted by Gasteiger charge is 2.09. The molecule has 0 saturated carbocycles. The Morgan fingerprint density at radius 3 is 2.35 bits per heavy atom. The van der Waals surface area contributed by atoms with Gasteiger partial charge < -0.3 is 9.47 Å².